The summed E-state index contributed by atoms with van der Waals surface area (Å²) in [5.41, 5.74) is 1.63. The minimum Gasteiger partial charge on any atom is -0.357 e. The molecule has 3 aromatic carbocycles. The van der Waals surface area contributed by atoms with Crippen LogP contribution < -0.4 is 16.0 Å². The Labute approximate surface area is 269 Å². The summed E-state index contributed by atoms with van der Waals surface area (Å²) in [5, 5.41) is 11.1. The normalized spacial score (nSPS) is 19.8. The first-order chi connectivity index (χ1) is 22.3. The number of carbonyl (C=O) groups excluding carboxylic acids is 4. The van der Waals surface area contributed by atoms with Gasteiger partial charge in [-0.15, -0.1) is 0 Å². The number of carbonyl (C=O) groups is 4. The molecule has 46 heavy (non-hydrogen) atoms. The molecule has 244 valence electrons. The van der Waals surface area contributed by atoms with Gasteiger partial charge in [0.15, 0.2) is 0 Å². The van der Waals surface area contributed by atoms with Gasteiger partial charge in [0.25, 0.3) is 0 Å². The van der Waals surface area contributed by atoms with Crippen molar-refractivity contribution in [1.82, 2.24) is 25.8 Å². The van der Waals surface area contributed by atoms with Crippen molar-refractivity contribution in [2.75, 3.05) is 26.7 Å². The van der Waals surface area contributed by atoms with Crippen LogP contribution in [-0.4, -0.2) is 84.3 Å². The van der Waals surface area contributed by atoms with Gasteiger partial charge >= 0.3 is 0 Å². The van der Waals surface area contributed by atoms with E-state index in [1.54, 1.807) is 29.0 Å². The van der Waals surface area contributed by atoms with Crippen LogP contribution >= 0.6 is 0 Å². The number of nitrogens with zero attached hydrogens (tertiary/aromatic N) is 2. The summed E-state index contributed by atoms with van der Waals surface area (Å²) in [7, 11) is 1.56. The Morgan fingerprint density at radius 3 is 2.39 bits per heavy atom. The number of likely N-dealkylation sites (N-methyl/N-ethyl adjacent to an activating group) is 1. The molecule has 2 aliphatic rings. The van der Waals surface area contributed by atoms with Gasteiger partial charge in [-0.25, -0.2) is 4.39 Å². The van der Waals surface area contributed by atoms with E-state index in [1.165, 1.54) is 12.1 Å². The maximum Gasteiger partial charge on any atom is 0.246 e. The number of nitrogens with one attached hydrogen (secondary N) is 3. The van der Waals surface area contributed by atoms with E-state index in [1.807, 2.05) is 49.4 Å². The fourth-order valence-corrected chi connectivity index (χ4v) is 6.64. The maximum atomic E-state index is 14.3. The monoisotopic (exact) mass is 629 g/mol. The minimum absolute atomic E-state index is 0.160. The predicted molar refractivity (Wildman–Crippen MR) is 175 cm³/mol. The van der Waals surface area contributed by atoms with Crippen LogP contribution in [0.2, 0.25) is 0 Å². The molecule has 2 fully saturated rings. The summed E-state index contributed by atoms with van der Waals surface area (Å²) < 4.78 is 13.7. The smallest absolute Gasteiger partial charge is 0.246 e. The molecular formula is C36H44FN5O4. The molecule has 10 heteroatoms. The van der Waals surface area contributed by atoms with Crippen LogP contribution in [0.15, 0.2) is 66.7 Å². The van der Waals surface area contributed by atoms with Crippen molar-refractivity contribution in [3.8, 4) is 0 Å². The first-order valence-electron chi connectivity index (χ1n) is 16.4. The van der Waals surface area contributed by atoms with Crippen LogP contribution in [0, 0.1) is 5.82 Å². The summed E-state index contributed by atoms with van der Waals surface area (Å²) in [6.45, 7) is 3.08. The zero-order valence-electron chi connectivity index (χ0n) is 26.6. The summed E-state index contributed by atoms with van der Waals surface area (Å²) in [6.07, 6.45) is 4.14. The van der Waals surface area contributed by atoms with Crippen molar-refractivity contribution < 1.29 is 23.6 Å². The number of halogens is 1. The zero-order valence-corrected chi connectivity index (χ0v) is 26.6. The van der Waals surface area contributed by atoms with E-state index in [2.05, 4.69) is 16.0 Å². The van der Waals surface area contributed by atoms with E-state index >= 15 is 0 Å². The van der Waals surface area contributed by atoms with Gasteiger partial charge in [0, 0.05) is 33.0 Å². The average molecular weight is 630 g/mol. The fraction of sp³-hybridized carbons (Fsp3) is 0.444. The van der Waals surface area contributed by atoms with Crippen LogP contribution in [0.25, 0.3) is 10.8 Å². The molecule has 0 unspecified atom stereocenters. The topological polar surface area (TPSA) is 111 Å². The van der Waals surface area contributed by atoms with Gasteiger partial charge in [-0.3, -0.25) is 19.2 Å². The molecule has 0 aromatic heterocycles. The molecule has 9 nitrogen and oxygen atoms in total. The Hall–Kier alpha value is -4.31. The highest BCUT2D eigenvalue weighted by Crippen LogP contribution is 2.24. The fourth-order valence-electron chi connectivity index (χ4n) is 6.64. The Bertz CT molecular complexity index is 1540. The second kappa shape index (κ2) is 15.3. The number of benzene rings is 3. The third kappa shape index (κ3) is 7.73. The van der Waals surface area contributed by atoms with E-state index < -0.39 is 24.2 Å². The van der Waals surface area contributed by atoms with Crippen LogP contribution in [0.5, 0.6) is 0 Å². The lowest BCUT2D eigenvalue weighted by molar-refractivity contribution is -0.157. The third-order valence-electron chi connectivity index (χ3n) is 9.13. The van der Waals surface area contributed by atoms with Crippen molar-refractivity contribution >= 4 is 34.4 Å². The Balaban J connectivity index is 1.38. The molecule has 2 aliphatic heterocycles. The van der Waals surface area contributed by atoms with E-state index in [-0.39, 0.29) is 49.0 Å². The van der Waals surface area contributed by atoms with Crippen molar-refractivity contribution in [2.45, 2.75) is 76.0 Å². The van der Waals surface area contributed by atoms with Gasteiger partial charge < -0.3 is 25.8 Å². The largest absolute Gasteiger partial charge is 0.357 e. The molecule has 2 heterocycles. The second-order valence-electron chi connectivity index (χ2n) is 12.3. The molecule has 0 aliphatic carbocycles. The van der Waals surface area contributed by atoms with E-state index in [0.717, 1.165) is 35.7 Å². The molecule has 4 amide bonds. The molecule has 5 rings (SSSR count). The van der Waals surface area contributed by atoms with Gasteiger partial charge in [-0.05, 0) is 59.8 Å². The lowest BCUT2D eigenvalue weighted by atomic mass is 9.96. The second-order valence-corrected chi connectivity index (χ2v) is 12.3. The van der Waals surface area contributed by atoms with Gasteiger partial charge in [-0.1, -0.05) is 74.4 Å². The molecule has 3 aromatic rings. The average Bonchev–Trinajstić information content (AvgIpc) is 3.08. The molecule has 0 bridgehead atoms. The number of fused-ring (bicyclic) bond motifs is 1. The lowest BCUT2D eigenvalue weighted by Gasteiger charge is -2.44. The van der Waals surface area contributed by atoms with Gasteiger partial charge in [0.2, 0.25) is 23.6 Å². The van der Waals surface area contributed by atoms with Crippen molar-refractivity contribution in [2.24, 2.45) is 0 Å². The van der Waals surface area contributed by atoms with Crippen LogP contribution in [0.3, 0.4) is 0 Å². The zero-order chi connectivity index (χ0) is 32.6. The van der Waals surface area contributed by atoms with Crippen molar-refractivity contribution in [3.63, 3.8) is 0 Å². The number of amides is 4. The SMILES string of the molecule is CCC[C@H]1C(=O)N([C@@H](Cc2ccc3ccccc3c2)C(=O)NC)CCN1C(=O)[C@@H](Cc1ccc(F)cc1)NC(=O)[C@@H]1CCCCN1. The van der Waals surface area contributed by atoms with E-state index in [0.29, 0.717) is 31.2 Å². The van der Waals surface area contributed by atoms with Crippen LogP contribution in [0.4, 0.5) is 4.39 Å². The number of hydrogen-bond donors (Lipinski definition) is 3. The number of piperidine rings is 1. The summed E-state index contributed by atoms with van der Waals surface area (Å²) in [6, 6.07) is 17.0. The van der Waals surface area contributed by atoms with Crippen LogP contribution in [-0.2, 0) is 32.0 Å². The summed E-state index contributed by atoms with van der Waals surface area (Å²) in [4.78, 5) is 58.2. The highest BCUT2D eigenvalue weighted by atomic mass is 19.1. The first kappa shape index (κ1) is 33.1. The standard InChI is InChI=1S/C36H44FN5O4/c1-3-8-31-36(46)42(32(34(44)38-2)23-25-12-15-26-9-4-5-10-27(26)21-25)20-19-41(31)35(45)30(22-24-13-16-28(37)17-14-24)40-33(43)29-11-6-7-18-39-29/h4-5,9-10,12-17,21,29-32,39H,3,6-8,11,18-20,22-23H2,1-2H3,(H,38,44)(H,40,43)/t29-,30+,31-,32-/m0/s1. The lowest BCUT2D eigenvalue weighted by Crippen LogP contribution is -2.66. The molecule has 2 saturated heterocycles. The molecule has 4 atom stereocenters. The Morgan fingerprint density at radius 2 is 1.70 bits per heavy atom. The van der Waals surface area contributed by atoms with Crippen LogP contribution in [0.1, 0.15) is 50.2 Å². The number of hydrogen-bond acceptors (Lipinski definition) is 5. The molecule has 0 spiro atoms. The maximum absolute atomic E-state index is 14.3. The number of rotatable bonds is 11. The van der Waals surface area contributed by atoms with Crippen molar-refractivity contribution in [3.05, 3.63) is 83.7 Å². The molecule has 0 radical (unpaired) electrons. The summed E-state index contributed by atoms with van der Waals surface area (Å²) in [5.74, 6) is -1.55. The first-order valence-corrected chi connectivity index (χ1v) is 16.4. The van der Waals surface area contributed by atoms with E-state index in [4.69, 9.17) is 0 Å². The molecule has 0 saturated carbocycles. The quantitative estimate of drug-likeness (QED) is 0.302. The Morgan fingerprint density at radius 1 is 0.957 bits per heavy atom. The minimum atomic E-state index is -0.937. The molecular weight excluding hydrogens is 585 g/mol. The van der Waals surface area contributed by atoms with E-state index in [9.17, 15) is 23.6 Å². The third-order valence-corrected chi connectivity index (χ3v) is 9.13. The Kier molecular flexibility index (Phi) is 11.0. The van der Waals surface area contributed by atoms with Crippen molar-refractivity contribution in [1.29, 1.82) is 0 Å². The highest BCUT2D eigenvalue weighted by Gasteiger charge is 2.43. The summed E-state index contributed by atoms with van der Waals surface area (Å²) >= 11 is 0. The predicted octanol–water partition coefficient (Wildman–Crippen LogP) is 3.35. The highest BCUT2D eigenvalue weighted by molar-refractivity contribution is 5.96. The van der Waals surface area contributed by atoms with Gasteiger partial charge in [0.05, 0.1) is 6.04 Å². The molecule has 3 N–H and O–H groups in total. The number of piperazine rings is 1. The van der Waals surface area contributed by atoms with Gasteiger partial charge in [0.1, 0.15) is 23.9 Å². The van der Waals surface area contributed by atoms with Gasteiger partial charge in [-0.2, -0.15) is 0 Å².